The molecule has 2 rings (SSSR count). The van der Waals surface area contributed by atoms with Crippen molar-refractivity contribution in [1.29, 1.82) is 0 Å². The van der Waals surface area contributed by atoms with Crippen molar-refractivity contribution in [1.82, 2.24) is 0 Å². The lowest BCUT2D eigenvalue weighted by molar-refractivity contribution is 0.111. The van der Waals surface area contributed by atoms with Crippen LogP contribution >= 0.6 is 27.5 Å². The fraction of sp³-hybridized carbons (Fsp3) is 0.133. The Labute approximate surface area is 130 Å². The molecule has 104 valence electrons. The highest BCUT2D eigenvalue weighted by molar-refractivity contribution is 9.10. The van der Waals surface area contributed by atoms with Gasteiger partial charge in [0, 0.05) is 0 Å². The van der Waals surface area contributed by atoms with Gasteiger partial charge in [0.25, 0.3) is 0 Å². The largest absolute Gasteiger partial charge is 0.496 e. The molecule has 2 aromatic carbocycles. The summed E-state index contributed by atoms with van der Waals surface area (Å²) in [7, 11) is 1.61. The van der Waals surface area contributed by atoms with Crippen molar-refractivity contribution in [3.63, 3.8) is 0 Å². The number of rotatable bonds is 5. The summed E-state index contributed by atoms with van der Waals surface area (Å²) in [6.07, 6.45) is 0.727. The molecule has 0 amide bonds. The lowest BCUT2D eigenvalue weighted by Crippen LogP contribution is -1.99. The third-order valence-electron chi connectivity index (χ3n) is 2.72. The number of benzene rings is 2. The number of halogens is 2. The molecule has 0 spiro atoms. The van der Waals surface area contributed by atoms with E-state index in [9.17, 15) is 4.79 Å². The third-order valence-corrected chi connectivity index (χ3v) is 3.64. The van der Waals surface area contributed by atoms with Gasteiger partial charge in [0.05, 0.1) is 22.2 Å². The molecule has 0 aliphatic heterocycles. The van der Waals surface area contributed by atoms with Crippen molar-refractivity contribution in [2.75, 3.05) is 7.11 Å². The molecule has 0 saturated carbocycles. The van der Waals surface area contributed by atoms with Crippen LogP contribution in [0.3, 0.4) is 0 Å². The maximum Gasteiger partial charge on any atom is 0.153 e. The Morgan fingerprint density at radius 2 is 2.10 bits per heavy atom. The van der Waals surface area contributed by atoms with E-state index in [1.54, 1.807) is 25.3 Å². The minimum absolute atomic E-state index is 0.313. The first kappa shape index (κ1) is 14.9. The molecule has 0 radical (unpaired) electrons. The smallest absolute Gasteiger partial charge is 0.153 e. The number of methoxy groups -OCH3 is 1. The Morgan fingerprint density at radius 1 is 1.30 bits per heavy atom. The van der Waals surface area contributed by atoms with Crippen LogP contribution in [0.25, 0.3) is 0 Å². The number of aldehydes is 1. The lowest BCUT2D eigenvalue weighted by atomic mass is 10.2. The second kappa shape index (κ2) is 6.77. The molecule has 0 aliphatic rings. The fourth-order valence-electron chi connectivity index (χ4n) is 1.73. The maximum absolute atomic E-state index is 11.0. The van der Waals surface area contributed by atoms with Gasteiger partial charge < -0.3 is 9.47 Å². The summed E-state index contributed by atoms with van der Waals surface area (Å²) in [5, 5.41) is 0.419. The van der Waals surface area contributed by atoms with E-state index < -0.39 is 0 Å². The van der Waals surface area contributed by atoms with Crippen molar-refractivity contribution in [3.05, 3.63) is 57.0 Å². The highest BCUT2D eigenvalue weighted by atomic mass is 79.9. The van der Waals surface area contributed by atoms with Gasteiger partial charge in [-0.3, -0.25) is 4.79 Å². The average Bonchev–Trinajstić information content (AvgIpc) is 2.46. The lowest BCUT2D eigenvalue weighted by Gasteiger charge is -2.11. The van der Waals surface area contributed by atoms with Gasteiger partial charge in [0.15, 0.2) is 6.29 Å². The van der Waals surface area contributed by atoms with E-state index in [2.05, 4.69) is 15.9 Å². The Balaban J connectivity index is 2.17. The summed E-state index contributed by atoms with van der Waals surface area (Å²) in [5.74, 6) is 1.15. The molecule has 0 atom stereocenters. The zero-order valence-corrected chi connectivity index (χ0v) is 13.1. The van der Waals surface area contributed by atoms with Gasteiger partial charge in [-0.15, -0.1) is 0 Å². The van der Waals surface area contributed by atoms with Gasteiger partial charge in [-0.05, 0) is 45.8 Å². The van der Waals surface area contributed by atoms with Crippen molar-refractivity contribution < 1.29 is 14.3 Å². The summed E-state index contributed by atoms with van der Waals surface area (Å²) in [4.78, 5) is 11.0. The second-order valence-electron chi connectivity index (χ2n) is 4.03. The molecule has 5 heteroatoms. The van der Waals surface area contributed by atoms with Gasteiger partial charge in [-0.2, -0.15) is 0 Å². The molecular weight excluding hydrogens is 344 g/mol. The second-order valence-corrected chi connectivity index (χ2v) is 5.30. The van der Waals surface area contributed by atoms with Gasteiger partial charge in [-0.1, -0.05) is 23.7 Å². The quantitative estimate of drug-likeness (QED) is 0.741. The molecule has 0 aliphatic carbocycles. The van der Waals surface area contributed by atoms with Crippen LogP contribution in [-0.2, 0) is 6.61 Å². The van der Waals surface area contributed by atoms with Gasteiger partial charge in [-0.25, -0.2) is 0 Å². The van der Waals surface area contributed by atoms with E-state index in [1.165, 1.54) is 0 Å². The van der Waals surface area contributed by atoms with Gasteiger partial charge >= 0.3 is 0 Å². The molecule has 2 aromatic rings. The van der Waals surface area contributed by atoms with E-state index in [4.69, 9.17) is 21.1 Å². The molecular formula is C15H12BrClO3. The van der Waals surface area contributed by atoms with Crippen LogP contribution in [0, 0.1) is 0 Å². The Hall–Kier alpha value is -1.52. The monoisotopic (exact) mass is 354 g/mol. The van der Waals surface area contributed by atoms with Crippen LogP contribution < -0.4 is 9.47 Å². The molecule has 0 fully saturated rings. The Kier molecular flexibility index (Phi) is 5.04. The van der Waals surface area contributed by atoms with Crippen molar-refractivity contribution in [2.24, 2.45) is 0 Å². The van der Waals surface area contributed by atoms with Crippen molar-refractivity contribution in [2.45, 2.75) is 6.61 Å². The van der Waals surface area contributed by atoms with Gasteiger partial charge in [0.1, 0.15) is 18.1 Å². The van der Waals surface area contributed by atoms with Crippen LogP contribution in [0.5, 0.6) is 11.5 Å². The zero-order valence-electron chi connectivity index (χ0n) is 10.7. The standard InChI is InChI=1S/C15H12BrClO3/c1-19-14-6-5-10(7-12(14)16)9-20-15-11(8-18)3-2-4-13(15)17/h2-8H,9H2,1H3. The number of hydrogen-bond acceptors (Lipinski definition) is 3. The molecule has 0 N–H and O–H groups in total. The normalized spacial score (nSPS) is 10.2. The van der Waals surface area contributed by atoms with Crippen LogP contribution in [0.1, 0.15) is 15.9 Å². The number of hydrogen-bond donors (Lipinski definition) is 0. The number of carbonyl (C=O) groups is 1. The summed E-state index contributed by atoms with van der Waals surface area (Å²) >= 11 is 9.45. The average molecular weight is 356 g/mol. The molecule has 0 bridgehead atoms. The molecule has 0 saturated heterocycles. The van der Waals surface area contributed by atoms with Crippen LogP contribution in [0.4, 0.5) is 0 Å². The van der Waals surface area contributed by atoms with Crippen molar-refractivity contribution in [3.8, 4) is 11.5 Å². The molecule has 0 unspecified atom stereocenters. The fourth-order valence-corrected chi connectivity index (χ4v) is 2.55. The topological polar surface area (TPSA) is 35.5 Å². The first-order valence-electron chi connectivity index (χ1n) is 5.84. The van der Waals surface area contributed by atoms with E-state index >= 15 is 0 Å². The minimum atomic E-state index is 0.313. The predicted molar refractivity (Wildman–Crippen MR) is 81.9 cm³/mol. The van der Waals surface area contributed by atoms with Gasteiger partial charge in [0.2, 0.25) is 0 Å². The first-order chi connectivity index (χ1) is 9.65. The molecule has 0 heterocycles. The summed E-state index contributed by atoms with van der Waals surface area (Å²) in [6, 6.07) is 10.7. The molecule has 20 heavy (non-hydrogen) atoms. The summed E-state index contributed by atoms with van der Waals surface area (Å²) in [6.45, 7) is 0.313. The van der Waals surface area contributed by atoms with E-state index in [1.807, 2.05) is 18.2 Å². The SMILES string of the molecule is COc1ccc(COc2c(Cl)cccc2C=O)cc1Br. The van der Waals surface area contributed by atoms with Crippen LogP contribution in [-0.4, -0.2) is 13.4 Å². The summed E-state index contributed by atoms with van der Waals surface area (Å²) in [5.41, 5.74) is 1.37. The highest BCUT2D eigenvalue weighted by Gasteiger charge is 2.09. The van der Waals surface area contributed by atoms with E-state index in [-0.39, 0.29) is 0 Å². The molecule has 3 nitrogen and oxygen atoms in total. The maximum atomic E-state index is 11.0. The minimum Gasteiger partial charge on any atom is -0.496 e. The Bertz CT molecular complexity index is 629. The number of ether oxygens (including phenoxy) is 2. The number of carbonyl (C=O) groups excluding carboxylic acids is 1. The van der Waals surface area contributed by atoms with E-state index in [0.717, 1.165) is 22.1 Å². The summed E-state index contributed by atoms with van der Waals surface area (Å²) < 4.78 is 11.7. The zero-order chi connectivity index (χ0) is 14.5. The predicted octanol–water partition coefficient (Wildman–Crippen LogP) is 4.50. The first-order valence-corrected chi connectivity index (χ1v) is 7.01. The third kappa shape index (κ3) is 3.32. The molecule has 0 aromatic heterocycles. The number of para-hydroxylation sites is 1. The van der Waals surface area contributed by atoms with Crippen molar-refractivity contribution >= 4 is 33.8 Å². The Morgan fingerprint density at radius 3 is 2.75 bits per heavy atom. The van der Waals surface area contributed by atoms with Crippen LogP contribution in [0.15, 0.2) is 40.9 Å². The highest BCUT2D eigenvalue weighted by Crippen LogP contribution is 2.30. The van der Waals surface area contributed by atoms with Crippen LogP contribution in [0.2, 0.25) is 5.02 Å². The van der Waals surface area contributed by atoms with E-state index in [0.29, 0.717) is 22.9 Å².